The summed E-state index contributed by atoms with van der Waals surface area (Å²) in [6, 6.07) is 6.64. The minimum Gasteiger partial charge on any atom is -0.465 e. The Hall–Kier alpha value is -1.92. The largest absolute Gasteiger partial charge is 0.465 e. The molecule has 2 N–H and O–H groups in total. The summed E-state index contributed by atoms with van der Waals surface area (Å²) in [4.78, 5) is 23.3. The van der Waals surface area contributed by atoms with E-state index in [1.807, 2.05) is 0 Å². The van der Waals surface area contributed by atoms with Crippen LogP contribution in [0.25, 0.3) is 0 Å². The Balaban J connectivity index is 1.91. The van der Waals surface area contributed by atoms with E-state index < -0.39 is 5.97 Å². The smallest absolute Gasteiger partial charge is 0.337 e. The summed E-state index contributed by atoms with van der Waals surface area (Å²) in [6.07, 6.45) is 0.183. The quantitative estimate of drug-likeness (QED) is 0.796. The van der Waals surface area contributed by atoms with E-state index in [-0.39, 0.29) is 18.4 Å². The number of esters is 1. The van der Waals surface area contributed by atoms with E-state index in [1.165, 1.54) is 7.11 Å². The summed E-state index contributed by atoms with van der Waals surface area (Å²) in [5.41, 5.74) is 0.975. The minimum atomic E-state index is -0.430. The average molecular weight is 278 g/mol. The number of carbonyl (C=O) groups excluding carboxylic acids is 2. The third kappa shape index (κ3) is 4.04. The monoisotopic (exact) mass is 278 g/mol. The predicted octanol–water partition coefficient (Wildman–Crippen LogP) is 0.790. The summed E-state index contributed by atoms with van der Waals surface area (Å²) in [5, 5.41) is 5.92. The van der Waals surface area contributed by atoms with E-state index in [0.717, 1.165) is 6.54 Å². The molecule has 0 aromatic heterocycles. The van der Waals surface area contributed by atoms with Gasteiger partial charge in [-0.25, -0.2) is 4.79 Å². The molecule has 6 heteroatoms. The normalized spacial score (nSPS) is 18.4. The Bertz CT molecular complexity index is 484. The average Bonchev–Trinajstić information content (AvgIpc) is 2.47. The maximum absolute atomic E-state index is 11.9. The van der Waals surface area contributed by atoms with E-state index in [0.29, 0.717) is 24.4 Å². The number of methoxy groups -OCH3 is 1. The first-order chi connectivity index (χ1) is 9.69. The first-order valence-electron chi connectivity index (χ1n) is 6.49. The molecule has 1 aliphatic heterocycles. The van der Waals surface area contributed by atoms with Crippen molar-refractivity contribution in [2.75, 3.05) is 32.1 Å². The third-order valence-corrected chi connectivity index (χ3v) is 2.98. The molecule has 1 unspecified atom stereocenters. The second kappa shape index (κ2) is 7.02. The lowest BCUT2D eigenvalue weighted by atomic mass is 10.2. The number of hydrogen-bond acceptors (Lipinski definition) is 5. The Morgan fingerprint density at radius 2 is 2.35 bits per heavy atom. The SMILES string of the molecule is COC(=O)c1cccc(NC(=O)CC2CNCCO2)c1. The van der Waals surface area contributed by atoms with Gasteiger partial charge in [0.2, 0.25) is 5.91 Å². The second-order valence-electron chi connectivity index (χ2n) is 4.52. The molecule has 1 saturated heterocycles. The topological polar surface area (TPSA) is 76.7 Å². The zero-order valence-corrected chi connectivity index (χ0v) is 11.3. The van der Waals surface area contributed by atoms with Crippen molar-refractivity contribution in [1.29, 1.82) is 0 Å². The number of nitrogens with one attached hydrogen (secondary N) is 2. The molecule has 1 fully saturated rings. The number of rotatable bonds is 4. The van der Waals surface area contributed by atoms with Gasteiger partial charge in [0.15, 0.2) is 0 Å². The van der Waals surface area contributed by atoms with Gasteiger partial charge in [0.05, 0.1) is 31.8 Å². The van der Waals surface area contributed by atoms with E-state index in [2.05, 4.69) is 15.4 Å². The highest BCUT2D eigenvalue weighted by Crippen LogP contribution is 2.13. The standard InChI is InChI=1S/C14H18N2O4/c1-19-14(18)10-3-2-4-11(7-10)16-13(17)8-12-9-15-5-6-20-12/h2-4,7,12,15H,5-6,8-9H2,1H3,(H,16,17). The Kier molecular flexibility index (Phi) is 5.09. The summed E-state index contributed by atoms with van der Waals surface area (Å²) < 4.78 is 10.1. The summed E-state index contributed by atoms with van der Waals surface area (Å²) >= 11 is 0. The molecule has 0 aliphatic carbocycles. The van der Waals surface area contributed by atoms with Gasteiger partial charge < -0.3 is 20.1 Å². The van der Waals surface area contributed by atoms with Crippen molar-refractivity contribution in [1.82, 2.24) is 5.32 Å². The fourth-order valence-electron chi connectivity index (χ4n) is 2.01. The van der Waals surface area contributed by atoms with Gasteiger partial charge in [-0.15, -0.1) is 0 Å². The van der Waals surface area contributed by atoms with Crippen molar-refractivity contribution < 1.29 is 19.1 Å². The molecule has 108 valence electrons. The van der Waals surface area contributed by atoms with E-state index in [4.69, 9.17) is 4.74 Å². The van der Waals surface area contributed by atoms with Crippen molar-refractivity contribution in [3.8, 4) is 0 Å². The molecule has 1 amide bonds. The zero-order valence-electron chi connectivity index (χ0n) is 11.3. The molecule has 1 heterocycles. The highest BCUT2D eigenvalue weighted by Gasteiger charge is 2.17. The number of ether oxygens (including phenoxy) is 2. The van der Waals surface area contributed by atoms with E-state index in [9.17, 15) is 9.59 Å². The number of carbonyl (C=O) groups is 2. The van der Waals surface area contributed by atoms with Crippen LogP contribution in [0.15, 0.2) is 24.3 Å². The first kappa shape index (κ1) is 14.5. The van der Waals surface area contributed by atoms with Crippen LogP contribution in [-0.4, -0.2) is 44.8 Å². The van der Waals surface area contributed by atoms with Crippen LogP contribution in [0.5, 0.6) is 0 Å². The Labute approximate surface area is 117 Å². The number of anilines is 1. The van der Waals surface area contributed by atoms with Crippen LogP contribution in [0.2, 0.25) is 0 Å². The van der Waals surface area contributed by atoms with Gasteiger partial charge in [0.25, 0.3) is 0 Å². The lowest BCUT2D eigenvalue weighted by Gasteiger charge is -2.23. The number of morpholine rings is 1. The highest BCUT2D eigenvalue weighted by molar-refractivity contribution is 5.94. The van der Waals surface area contributed by atoms with Crippen LogP contribution in [-0.2, 0) is 14.3 Å². The van der Waals surface area contributed by atoms with Gasteiger partial charge in [0, 0.05) is 18.8 Å². The number of benzene rings is 1. The molecule has 20 heavy (non-hydrogen) atoms. The molecule has 2 rings (SSSR count). The highest BCUT2D eigenvalue weighted by atomic mass is 16.5. The summed E-state index contributed by atoms with van der Waals surface area (Å²) in [5.74, 6) is -0.568. The molecule has 1 aliphatic rings. The molecule has 1 aromatic carbocycles. The molecule has 1 atom stereocenters. The number of hydrogen-bond donors (Lipinski definition) is 2. The van der Waals surface area contributed by atoms with Gasteiger partial charge in [-0.1, -0.05) is 6.07 Å². The van der Waals surface area contributed by atoms with Crippen LogP contribution in [0.3, 0.4) is 0 Å². The Morgan fingerprint density at radius 3 is 3.05 bits per heavy atom. The van der Waals surface area contributed by atoms with Crippen molar-refractivity contribution in [3.63, 3.8) is 0 Å². The molecule has 0 spiro atoms. The van der Waals surface area contributed by atoms with Crippen LogP contribution in [0, 0.1) is 0 Å². The summed E-state index contributed by atoms with van der Waals surface area (Å²) in [6.45, 7) is 2.12. The lowest BCUT2D eigenvalue weighted by molar-refractivity contribution is -0.119. The molecule has 1 aromatic rings. The fraction of sp³-hybridized carbons (Fsp3) is 0.429. The van der Waals surface area contributed by atoms with Crippen LogP contribution < -0.4 is 10.6 Å². The molecule has 6 nitrogen and oxygen atoms in total. The minimum absolute atomic E-state index is 0.104. The van der Waals surface area contributed by atoms with E-state index >= 15 is 0 Å². The van der Waals surface area contributed by atoms with Crippen molar-refractivity contribution >= 4 is 17.6 Å². The third-order valence-electron chi connectivity index (χ3n) is 2.98. The van der Waals surface area contributed by atoms with Gasteiger partial charge in [0.1, 0.15) is 0 Å². The number of amides is 1. The molecular formula is C14H18N2O4. The van der Waals surface area contributed by atoms with Crippen molar-refractivity contribution in [2.45, 2.75) is 12.5 Å². The second-order valence-corrected chi connectivity index (χ2v) is 4.52. The zero-order chi connectivity index (χ0) is 14.4. The van der Waals surface area contributed by atoms with Crippen molar-refractivity contribution in [3.05, 3.63) is 29.8 Å². The maximum atomic E-state index is 11.9. The lowest BCUT2D eigenvalue weighted by Crippen LogP contribution is -2.40. The van der Waals surface area contributed by atoms with Crippen LogP contribution in [0.4, 0.5) is 5.69 Å². The van der Waals surface area contributed by atoms with Gasteiger partial charge in [-0.3, -0.25) is 4.79 Å². The van der Waals surface area contributed by atoms with Gasteiger partial charge >= 0.3 is 5.97 Å². The van der Waals surface area contributed by atoms with Crippen LogP contribution in [0.1, 0.15) is 16.8 Å². The first-order valence-corrected chi connectivity index (χ1v) is 6.49. The maximum Gasteiger partial charge on any atom is 0.337 e. The predicted molar refractivity (Wildman–Crippen MR) is 73.6 cm³/mol. The Morgan fingerprint density at radius 1 is 1.50 bits per heavy atom. The fourth-order valence-corrected chi connectivity index (χ4v) is 2.01. The molecule has 0 bridgehead atoms. The van der Waals surface area contributed by atoms with Gasteiger partial charge in [-0.05, 0) is 18.2 Å². The van der Waals surface area contributed by atoms with Crippen LogP contribution >= 0.6 is 0 Å². The molecular weight excluding hydrogens is 260 g/mol. The summed E-state index contributed by atoms with van der Waals surface area (Å²) in [7, 11) is 1.32. The molecule has 0 saturated carbocycles. The molecule has 0 radical (unpaired) electrons. The van der Waals surface area contributed by atoms with Gasteiger partial charge in [-0.2, -0.15) is 0 Å². The van der Waals surface area contributed by atoms with Crippen molar-refractivity contribution in [2.24, 2.45) is 0 Å². The van der Waals surface area contributed by atoms with E-state index in [1.54, 1.807) is 24.3 Å².